The molecule has 0 aromatic carbocycles. The summed E-state index contributed by atoms with van der Waals surface area (Å²) in [5.41, 5.74) is 5.09. The molecule has 8 nitrogen and oxygen atoms in total. The van der Waals surface area contributed by atoms with Gasteiger partial charge in [0.2, 0.25) is 0 Å². The van der Waals surface area contributed by atoms with Crippen LogP contribution < -0.4 is 24.1 Å². The average molecular weight is 925 g/mol. The van der Waals surface area contributed by atoms with Gasteiger partial charge in [0, 0.05) is 58.4 Å². The number of nitrogens with one attached hydrogen (secondary N) is 1. The Hall–Kier alpha value is 3.50. The number of aliphatic carboxylic acids is 1. The second kappa shape index (κ2) is 19.5. The zero-order valence-electron chi connectivity index (χ0n) is 13.6. The Morgan fingerprint density at radius 1 is 1.56 bits per heavy atom. The van der Waals surface area contributed by atoms with Crippen molar-refractivity contribution < 1.29 is 74.7 Å². The molecule has 1 radical (unpaired) electrons. The zero-order chi connectivity index (χ0) is 18.7. The van der Waals surface area contributed by atoms with Crippen LogP contribution in [-0.4, -0.2) is 60.0 Å². The Bertz CT molecular complexity index is 471. The molecule has 0 spiro atoms. The Kier molecular flexibility index (Phi) is 28.0. The van der Waals surface area contributed by atoms with E-state index in [-0.39, 0.29) is 75.3 Å². The average Bonchev–Trinajstić information content (AvgIpc) is 2.76. The molecule has 2 unspecified atom stereocenters. The largest absolute Gasteiger partial charge is 0 e. The molecular formula is C10H22I4N2O6P2Y-2. The van der Waals surface area contributed by atoms with Crippen LogP contribution in [0.4, 0.5) is 0 Å². The first-order valence-electron chi connectivity index (χ1n) is 6.25. The molecule has 0 aliphatic carbocycles. The van der Waals surface area contributed by atoms with Crippen molar-refractivity contribution in [3.05, 3.63) is 0 Å². The van der Waals surface area contributed by atoms with Gasteiger partial charge in [-0.1, -0.05) is 12.5 Å². The second-order valence-electron chi connectivity index (χ2n) is 4.97. The van der Waals surface area contributed by atoms with Crippen molar-refractivity contribution in [2.24, 2.45) is 5.73 Å². The minimum atomic E-state index is -3.10. The van der Waals surface area contributed by atoms with Crippen LogP contribution >= 0.6 is 75.9 Å². The molecule has 25 heavy (non-hydrogen) atoms. The van der Waals surface area contributed by atoms with Crippen LogP contribution in [0.5, 0.6) is 0 Å². The third kappa shape index (κ3) is 25.5. The van der Waals surface area contributed by atoms with Crippen molar-refractivity contribution in [1.82, 2.24) is 5.09 Å². The summed E-state index contributed by atoms with van der Waals surface area (Å²) in [5, 5.41) is 11.0. The third-order valence-electron chi connectivity index (χ3n) is 2.59. The van der Waals surface area contributed by atoms with E-state index in [1.54, 1.807) is 13.0 Å². The number of hydrogen-bond donors (Lipinski definition) is 4. The number of rotatable bonds is 5. The van der Waals surface area contributed by atoms with Gasteiger partial charge in [-0.3, -0.25) is 14.4 Å². The predicted molar refractivity (Wildman–Crippen MR) is 120 cm³/mol. The van der Waals surface area contributed by atoms with Gasteiger partial charge >= 0.3 is 56.5 Å². The molecule has 0 saturated carbocycles. The quantitative estimate of drug-likeness (QED) is 0.164. The van der Waals surface area contributed by atoms with Crippen LogP contribution in [0.15, 0.2) is 0 Å². The Morgan fingerprint density at radius 3 is 2.20 bits per heavy atom. The molecule has 1 fully saturated rings. The number of nitrogens with two attached hydrogens (primary N) is 1. The fraction of sp³-hybridized carbons (Fsp3) is 0.800. The van der Waals surface area contributed by atoms with Crippen molar-refractivity contribution in [2.45, 2.75) is 24.9 Å². The molecule has 5 N–H and O–H groups in total. The molecule has 1 aliphatic heterocycles. The van der Waals surface area contributed by atoms with Gasteiger partial charge in [-0.2, -0.15) is 0 Å². The summed E-state index contributed by atoms with van der Waals surface area (Å²) < 4.78 is 21.7. The van der Waals surface area contributed by atoms with Crippen molar-refractivity contribution in [3.63, 3.8) is 0 Å². The first kappa shape index (κ1) is 35.9. The number of halogens is 4. The molecule has 0 aromatic rings. The summed E-state index contributed by atoms with van der Waals surface area (Å²) in [6.45, 7) is 2.84. The van der Waals surface area contributed by atoms with Gasteiger partial charge < -0.3 is 25.1 Å². The van der Waals surface area contributed by atoms with Gasteiger partial charge in [0.1, 0.15) is 13.3 Å². The molecule has 15 heteroatoms. The summed E-state index contributed by atoms with van der Waals surface area (Å²) in [6.07, 6.45) is 3.10. The summed E-state index contributed by atoms with van der Waals surface area (Å²) in [7, 11) is -5.23. The number of carbonyl (C=O) groups excluding carboxylic acids is 1. The van der Waals surface area contributed by atoms with E-state index in [1.165, 1.54) is 6.66 Å². The standard InChI is InChI=1S/C5H12NO4P.C5H9NO2P.I3.HI.Y/c1-11(9,10)3-2-4(6)5(7)8;1-9(8)3-2-5(4-7)6-9;1-3-2;;/h4H,2-3,6H2,1H3,(H,7,8)(H,9,10);5H,2-3H2,1H3,(H,6,8);;1H;/q;2*-1;;/t4-;5-,9?;;;/m00.../s1. The first-order chi connectivity index (χ1) is 10.4. The Labute approximate surface area is 220 Å². The second-order valence-corrected chi connectivity index (χ2v) is 26.7. The molecule has 0 bridgehead atoms. The fourth-order valence-corrected chi connectivity index (χ4v) is 3.90. The maximum atomic E-state index is 11.1. The maximum Gasteiger partial charge on any atom is 0 e. The number of carboxylic acids is 1. The number of carbonyl (C=O) groups is 1. The minimum absolute atomic E-state index is 0. The van der Waals surface area contributed by atoms with Crippen LogP contribution in [0.3, 0.4) is 0 Å². The Balaban J connectivity index is -0.000000144. The fourth-order valence-electron chi connectivity index (χ4n) is 1.42. The van der Waals surface area contributed by atoms with Gasteiger partial charge in [0.25, 0.3) is 0 Å². The maximum absolute atomic E-state index is 11.1. The van der Waals surface area contributed by atoms with Crippen molar-refractivity contribution in [3.8, 4) is 0 Å². The predicted octanol–water partition coefficient (Wildman–Crippen LogP) is -0.555. The van der Waals surface area contributed by atoms with E-state index in [0.717, 1.165) is 0 Å². The van der Waals surface area contributed by atoms with E-state index in [9.17, 15) is 18.7 Å². The molecule has 1 aliphatic rings. The molecule has 0 amide bonds. The van der Waals surface area contributed by atoms with Gasteiger partial charge in [-0.05, 0) is 6.42 Å². The van der Waals surface area contributed by atoms with Crippen molar-refractivity contribution in [2.75, 3.05) is 25.7 Å². The summed E-state index contributed by atoms with van der Waals surface area (Å²) >= 11 is 5.30. The smallest absolute Gasteiger partial charge is 0 e. The van der Waals surface area contributed by atoms with E-state index in [1.807, 2.05) is 0 Å². The minimum Gasteiger partial charge on any atom is 0 e. The molecule has 1 heterocycles. The molecule has 151 valence electrons. The van der Waals surface area contributed by atoms with Crippen molar-refractivity contribution >= 4 is 88.1 Å². The van der Waals surface area contributed by atoms with Crippen LogP contribution in [0.1, 0.15) is 12.8 Å². The molecule has 1 saturated heterocycles. The van der Waals surface area contributed by atoms with Crippen LogP contribution in [0, 0.1) is 0 Å². The zero-order valence-corrected chi connectivity index (χ0v) is 27.0. The van der Waals surface area contributed by atoms with Crippen LogP contribution in [-0.2, 0) is 51.4 Å². The van der Waals surface area contributed by atoms with Gasteiger partial charge in [0.15, 0.2) is 7.37 Å². The topological polar surface area (TPSA) is 147 Å². The summed E-state index contributed by atoms with van der Waals surface area (Å²) in [5.74, 6) is -1.14. The summed E-state index contributed by atoms with van der Waals surface area (Å²) in [6, 6.07) is -1.31. The first-order valence-corrected chi connectivity index (χ1v) is 23.5. The Morgan fingerprint density at radius 2 is 2.00 bits per heavy atom. The number of hydrogen-bond acceptors (Lipinski definition) is 5. The van der Waals surface area contributed by atoms with Gasteiger partial charge in [0.05, 0.1) is 0 Å². The SMILES string of the molecule is CP(=O)(O)CC[C@H](N)C(=O)O.CP1(=O)CC[C@@H]([C-]=O)N1.I.I[I-]I.[Y]. The van der Waals surface area contributed by atoms with E-state index in [2.05, 4.69) is 42.3 Å². The van der Waals surface area contributed by atoms with E-state index in [0.29, 0.717) is 25.8 Å². The van der Waals surface area contributed by atoms with Crippen LogP contribution in [0.25, 0.3) is 0 Å². The molecule has 0 aromatic heterocycles. The third-order valence-corrected chi connectivity index (χ3v) is 5.65. The van der Waals surface area contributed by atoms with E-state index >= 15 is 0 Å². The van der Waals surface area contributed by atoms with E-state index < -0.39 is 26.7 Å². The van der Waals surface area contributed by atoms with Gasteiger partial charge in [-0.25, -0.2) is 6.29 Å². The molecule has 1 rings (SSSR count). The monoisotopic (exact) mass is 925 g/mol. The summed E-state index contributed by atoms with van der Waals surface area (Å²) in [4.78, 5) is 28.9. The molecular weight excluding hydrogens is 903 g/mol. The normalized spacial score (nSPS) is 24.6. The van der Waals surface area contributed by atoms with Gasteiger partial charge in [-0.15, -0.1) is 24.0 Å². The number of carboxylic acid groups (broad SMARTS) is 1. The molecule has 4 atom stereocenters. The van der Waals surface area contributed by atoms with Crippen LogP contribution in [0.2, 0.25) is 0 Å². The van der Waals surface area contributed by atoms with Crippen molar-refractivity contribution in [1.29, 1.82) is 0 Å². The van der Waals surface area contributed by atoms with E-state index in [4.69, 9.17) is 15.7 Å².